The van der Waals surface area contributed by atoms with Crippen LogP contribution in [-0.2, 0) is 4.79 Å². The number of thiocarbonyl (C=S) groups is 1. The number of fused-ring (bicyclic) bond motifs is 1. The van der Waals surface area contributed by atoms with Gasteiger partial charge in [0.25, 0.3) is 5.91 Å². The van der Waals surface area contributed by atoms with Crippen LogP contribution in [0.4, 0.5) is 5.69 Å². The van der Waals surface area contributed by atoms with Gasteiger partial charge in [-0.25, -0.2) is 0 Å². The second kappa shape index (κ2) is 6.97. The Bertz CT molecular complexity index is 951. The van der Waals surface area contributed by atoms with Crippen LogP contribution in [0.15, 0.2) is 65.1 Å². The van der Waals surface area contributed by atoms with Crippen LogP contribution in [0.2, 0.25) is 0 Å². The molecule has 4 rings (SSSR count). The summed E-state index contributed by atoms with van der Waals surface area (Å²) in [7, 11) is 0. The molecule has 1 saturated heterocycles. The summed E-state index contributed by atoms with van der Waals surface area (Å²) in [6.07, 6.45) is 3.91. The topological polar surface area (TPSA) is 38.8 Å². The molecule has 6 heteroatoms. The standard InChI is InChI=1S/C20H15NO3S2/c1-13(9-14-5-3-2-4-6-14)10-18-19(22)21(20(25)26-18)15-7-8-16-17(11-15)24-12-23-16/h2-11H,12H2,1H3. The first-order valence-corrected chi connectivity index (χ1v) is 9.25. The average Bonchev–Trinajstić information content (AvgIpc) is 3.19. The highest BCUT2D eigenvalue weighted by Crippen LogP contribution is 2.40. The third-order valence-corrected chi connectivity index (χ3v) is 5.26. The molecule has 130 valence electrons. The maximum Gasteiger partial charge on any atom is 0.270 e. The Morgan fingerprint density at radius 1 is 1.15 bits per heavy atom. The number of amides is 1. The molecule has 0 spiro atoms. The van der Waals surface area contributed by atoms with Gasteiger partial charge in [-0.3, -0.25) is 9.69 Å². The summed E-state index contributed by atoms with van der Waals surface area (Å²) in [6, 6.07) is 15.4. The number of carbonyl (C=O) groups is 1. The molecule has 0 saturated carbocycles. The van der Waals surface area contributed by atoms with Crippen molar-refractivity contribution >= 4 is 46.0 Å². The van der Waals surface area contributed by atoms with E-state index in [0.717, 1.165) is 11.1 Å². The summed E-state index contributed by atoms with van der Waals surface area (Å²) < 4.78 is 11.2. The van der Waals surface area contributed by atoms with Gasteiger partial charge in [-0.05, 0) is 36.3 Å². The van der Waals surface area contributed by atoms with Gasteiger partial charge in [0.1, 0.15) is 0 Å². The van der Waals surface area contributed by atoms with Crippen molar-refractivity contribution in [1.29, 1.82) is 0 Å². The highest BCUT2D eigenvalue weighted by atomic mass is 32.2. The Morgan fingerprint density at radius 3 is 2.73 bits per heavy atom. The zero-order valence-electron chi connectivity index (χ0n) is 14.0. The first-order chi connectivity index (χ1) is 12.6. The SMILES string of the molecule is CC(=Cc1ccccc1)C=C1SC(=S)N(c2ccc3c(c2)OCO3)C1=O. The number of ether oxygens (including phenoxy) is 2. The van der Waals surface area contributed by atoms with Crippen molar-refractivity contribution in [2.24, 2.45) is 0 Å². The van der Waals surface area contributed by atoms with E-state index in [0.29, 0.717) is 26.4 Å². The van der Waals surface area contributed by atoms with Crippen LogP contribution in [0.3, 0.4) is 0 Å². The molecule has 26 heavy (non-hydrogen) atoms. The lowest BCUT2D eigenvalue weighted by Crippen LogP contribution is -2.27. The predicted molar refractivity (Wildman–Crippen MR) is 108 cm³/mol. The molecule has 2 heterocycles. The number of benzene rings is 2. The highest BCUT2D eigenvalue weighted by Gasteiger charge is 2.34. The Kier molecular flexibility index (Phi) is 4.53. The average molecular weight is 381 g/mol. The van der Waals surface area contributed by atoms with Crippen molar-refractivity contribution in [2.75, 3.05) is 11.7 Å². The van der Waals surface area contributed by atoms with E-state index in [9.17, 15) is 4.79 Å². The van der Waals surface area contributed by atoms with Crippen LogP contribution in [0.1, 0.15) is 12.5 Å². The zero-order chi connectivity index (χ0) is 18.1. The van der Waals surface area contributed by atoms with E-state index in [1.54, 1.807) is 12.1 Å². The quantitative estimate of drug-likeness (QED) is 0.566. The molecule has 1 amide bonds. The summed E-state index contributed by atoms with van der Waals surface area (Å²) in [5.41, 5.74) is 2.76. The van der Waals surface area contributed by atoms with Crippen LogP contribution in [0, 0.1) is 0 Å². The van der Waals surface area contributed by atoms with Crippen molar-refractivity contribution < 1.29 is 14.3 Å². The van der Waals surface area contributed by atoms with Gasteiger partial charge in [0.2, 0.25) is 6.79 Å². The molecule has 0 atom stereocenters. The number of nitrogens with zero attached hydrogens (tertiary/aromatic N) is 1. The Labute approximate surface area is 161 Å². The largest absolute Gasteiger partial charge is 0.454 e. The third kappa shape index (κ3) is 3.25. The minimum absolute atomic E-state index is 0.125. The van der Waals surface area contributed by atoms with Gasteiger partial charge in [0.05, 0.1) is 10.6 Å². The fourth-order valence-electron chi connectivity index (χ4n) is 2.78. The molecule has 0 aromatic heterocycles. The summed E-state index contributed by atoms with van der Waals surface area (Å²) in [6.45, 7) is 2.17. The lowest BCUT2D eigenvalue weighted by molar-refractivity contribution is -0.113. The number of thioether (sulfide) groups is 1. The van der Waals surface area contributed by atoms with E-state index in [2.05, 4.69) is 0 Å². The molecule has 2 aromatic carbocycles. The van der Waals surface area contributed by atoms with Gasteiger partial charge >= 0.3 is 0 Å². The van der Waals surface area contributed by atoms with E-state index in [1.165, 1.54) is 16.7 Å². The first kappa shape index (κ1) is 16.9. The van der Waals surface area contributed by atoms with Crippen LogP contribution >= 0.6 is 24.0 Å². The Balaban J connectivity index is 1.60. The first-order valence-electron chi connectivity index (χ1n) is 8.03. The monoisotopic (exact) mass is 381 g/mol. The normalized spacial score (nSPS) is 18.1. The fraction of sp³-hybridized carbons (Fsp3) is 0.100. The Hall–Kier alpha value is -2.57. The molecule has 0 radical (unpaired) electrons. The van der Waals surface area contributed by atoms with Crippen molar-refractivity contribution in [2.45, 2.75) is 6.92 Å². The predicted octanol–water partition coefficient (Wildman–Crippen LogP) is 4.77. The molecular weight excluding hydrogens is 366 g/mol. The number of anilines is 1. The molecule has 0 unspecified atom stereocenters. The number of rotatable bonds is 3. The minimum Gasteiger partial charge on any atom is -0.454 e. The van der Waals surface area contributed by atoms with Crippen LogP contribution in [0.25, 0.3) is 6.08 Å². The smallest absolute Gasteiger partial charge is 0.270 e. The van der Waals surface area contributed by atoms with Gasteiger partial charge in [-0.15, -0.1) is 0 Å². The second-order valence-corrected chi connectivity index (χ2v) is 7.53. The molecule has 0 bridgehead atoms. The van der Waals surface area contributed by atoms with Crippen LogP contribution in [0.5, 0.6) is 11.5 Å². The lowest BCUT2D eigenvalue weighted by Gasteiger charge is -2.14. The van der Waals surface area contributed by atoms with E-state index in [4.69, 9.17) is 21.7 Å². The van der Waals surface area contributed by atoms with Gasteiger partial charge in [0, 0.05) is 6.07 Å². The van der Waals surface area contributed by atoms with Crippen molar-refractivity contribution in [3.05, 3.63) is 70.6 Å². The Morgan fingerprint density at radius 2 is 1.92 bits per heavy atom. The van der Waals surface area contributed by atoms with E-state index in [-0.39, 0.29) is 12.7 Å². The van der Waals surface area contributed by atoms with Crippen LogP contribution in [-0.4, -0.2) is 17.0 Å². The molecule has 4 nitrogen and oxygen atoms in total. The molecular formula is C20H15NO3S2. The molecule has 2 aromatic rings. The molecule has 1 fully saturated rings. The van der Waals surface area contributed by atoms with E-state index >= 15 is 0 Å². The number of carbonyl (C=O) groups excluding carboxylic acids is 1. The summed E-state index contributed by atoms with van der Waals surface area (Å²) >= 11 is 6.73. The molecule has 0 aliphatic carbocycles. The fourth-order valence-corrected chi connectivity index (χ4v) is 4.12. The van der Waals surface area contributed by atoms with Gasteiger partial charge in [-0.1, -0.05) is 60.4 Å². The van der Waals surface area contributed by atoms with Gasteiger partial charge in [-0.2, -0.15) is 0 Å². The van der Waals surface area contributed by atoms with Gasteiger partial charge in [0.15, 0.2) is 15.8 Å². The van der Waals surface area contributed by atoms with Crippen LogP contribution < -0.4 is 14.4 Å². The maximum absolute atomic E-state index is 12.9. The second-order valence-electron chi connectivity index (χ2n) is 5.85. The summed E-state index contributed by atoms with van der Waals surface area (Å²) in [5, 5.41) is 0. The molecule has 2 aliphatic heterocycles. The van der Waals surface area contributed by atoms with Crippen molar-refractivity contribution in [3.8, 4) is 11.5 Å². The highest BCUT2D eigenvalue weighted by molar-refractivity contribution is 8.27. The molecule has 0 N–H and O–H groups in total. The summed E-state index contributed by atoms with van der Waals surface area (Å²) in [5.74, 6) is 1.18. The molecule has 2 aliphatic rings. The van der Waals surface area contributed by atoms with Crippen molar-refractivity contribution in [3.63, 3.8) is 0 Å². The number of hydrogen-bond donors (Lipinski definition) is 0. The van der Waals surface area contributed by atoms with E-state index in [1.807, 2.05) is 55.5 Å². The minimum atomic E-state index is -0.125. The van der Waals surface area contributed by atoms with Gasteiger partial charge < -0.3 is 9.47 Å². The van der Waals surface area contributed by atoms with E-state index < -0.39 is 0 Å². The zero-order valence-corrected chi connectivity index (χ0v) is 15.6. The van der Waals surface area contributed by atoms with Crippen molar-refractivity contribution in [1.82, 2.24) is 0 Å². The summed E-state index contributed by atoms with van der Waals surface area (Å²) in [4.78, 5) is 15.0. The lowest BCUT2D eigenvalue weighted by atomic mass is 10.1. The number of hydrogen-bond acceptors (Lipinski definition) is 5. The third-order valence-electron chi connectivity index (χ3n) is 3.96. The maximum atomic E-state index is 12.9. The number of allylic oxidation sites excluding steroid dienone is 2.